The minimum atomic E-state index is -4.64. The molecular formula is C26H32F4N4O2. The minimum absolute atomic E-state index is 0.0807. The van der Waals surface area contributed by atoms with E-state index in [1.165, 1.54) is 12.1 Å². The summed E-state index contributed by atoms with van der Waals surface area (Å²) in [5, 5.41) is 11.0. The Bertz CT molecular complexity index is 1050. The molecule has 0 unspecified atom stereocenters. The summed E-state index contributed by atoms with van der Waals surface area (Å²) in [5.41, 5.74) is -0.846. The SMILES string of the molecule is CCOc1ccc(F)cc1-c1cc(C(F)(F)F)c(N[C@H]2C[C@@H]3CN(CC4CCOCC4)C[C@@H]3C2)nn1. The third-order valence-electron chi connectivity index (χ3n) is 7.64. The zero-order valence-electron chi connectivity index (χ0n) is 20.4. The molecular weight excluding hydrogens is 476 g/mol. The summed E-state index contributed by atoms with van der Waals surface area (Å²) < 4.78 is 66.9. The van der Waals surface area contributed by atoms with E-state index in [2.05, 4.69) is 20.4 Å². The average molecular weight is 509 g/mol. The van der Waals surface area contributed by atoms with Gasteiger partial charge in [0.25, 0.3) is 0 Å². The molecule has 2 aromatic rings. The van der Waals surface area contributed by atoms with Gasteiger partial charge in [0.1, 0.15) is 17.1 Å². The van der Waals surface area contributed by atoms with Crippen molar-refractivity contribution < 1.29 is 27.0 Å². The Hall–Kier alpha value is -2.46. The van der Waals surface area contributed by atoms with Crippen molar-refractivity contribution in [3.8, 4) is 17.0 Å². The topological polar surface area (TPSA) is 59.5 Å². The first kappa shape index (κ1) is 25.2. The average Bonchev–Trinajstić information content (AvgIpc) is 3.38. The number of hydrogen-bond acceptors (Lipinski definition) is 6. The smallest absolute Gasteiger partial charge is 0.420 e. The van der Waals surface area contributed by atoms with Crippen LogP contribution in [-0.2, 0) is 10.9 Å². The highest BCUT2D eigenvalue weighted by Crippen LogP contribution is 2.42. The molecule has 3 atom stereocenters. The Kier molecular flexibility index (Phi) is 7.35. The number of nitrogens with zero attached hydrogens (tertiary/aromatic N) is 3. The van der Waals surface area contributed by atoms with Gasteiger partial charge in [0.05, 0.1) is 12.3 Å². The van der Waals surface area contributed by atoms with Gasteiger partial charge < -0.3 is 19.7 Å². The Labute approximate surface area is 208 Å². The van der Waals surface area contributed by atoms with Crippen molar-refractivity contribution in [3.63, 3.8) is 0 Å². The van der Waals surface area contributed by atoms with Gasteiger partial charge >= 0.3 is 6.18 Å². The van der Waals surface area contributed by atoms with Gasteiger partial charge in [0.2, 0.25) is 0 Å². The fourth-order valence-corrected chi connectivity index (χ4v) is 5.98. The van der Waals surface area contributed by atoms with Crippen molar-refractivity contribution in [3.05, 3.63) is 35.6 Å². The zero-order valence-corrected chi connectivity index (χ0v) is 20.4. The lowest BCUT2D eigenvalue weighted by molar-refractivity contribution is -0.137. The Balaban J connectivity index is 1.28. The lowest BCUT2D eigenvalue weighted by Gasteiger charge is -2.28. The number of hydrogen-bond donors (Lipinski definition) is 1. The van der Waals surface area contributed by atoms with Crippen LogP contribution in [0.2, 0.25) is 0 Å². The molecule has 10 heteroatoms. The van der Waals surface area contributed by atoms with Gasteiger partial charge in [-0.1, -0.05) is 0 Å². The van der Waals surface area contributed by atoms with Crippen LogP contribution in [0.3, 0.4) is 0 Å². The number of likely N-dealkylation sites (tertiary alicyclic amines) is 1. The molecule has 196 valence electrons. The fourth-order valence-electron chi connectivity index (χ4n) is 5.98. The molecule has 5 rings (SSSR count). The highest BCUT2D eigenvalue weighted by Gasteiger charge is 2.43. The zero-order chi connectivity index (χ0) is 25.3. The molecule has 1 N–H and O–H groups in total. The first-order valence-corrected chi connectivity index (χ1v) is 12.7. The molecule has 3 aliphatic rings. The van der Waals surface area contributed by atoms with Gasteiger partial charge in [-0.05, 0) is 74.6 Å². The fraction of sp³-hybridized carbons (Fsp3) is 0.615. The van der Waals surface area contributed by atoms with E-state index in [1.54, 1.807) is 6.92 Å². The van der Waals surface area contributed by atoms with E-state index in [0.717, 1.165) is 70.7 Å². The van der Waals surface area contributed by atoms with Crippen LogP contribution < -0.4 is 10.1 Å². The predicted molar refractivity (Wildman–Crippen MR) is 127 cm³/mol. The van der Waals surface area contributed by atoms with Crippen LogP contribution >= 0.6 is 0 Å². The molecule has 6 nitrogen and oxygen atoms in total. The maximum atomic E-state index is 14.0. The third kappa shape index (κ3) is 5.59. The summed E-state index contributed by atoms with van der Waals surface area (Å²) in [6, 6.07) is 4.55. The molecule has 1 saturated carbocycles. The minimum Gasteiger partial charge on any atom is -0.493 e. The summed E-state index contributed by atoms with van der Waals surface area (Å²) >= 11 is 0. The van der Waals surface area contributed by atoms with Crippen LogP contribution in [0.1, 0.15) is 38.2 Å². The van der Waals surface area contributed by atoms with Gasteiger partial charge in [0, 0.05) is 44.5 Å². The molecule has 3 heterocycles. The molecule has 1 aromatic heterocycles. The van der Waals surface area contributed by atoms with Crippen LogP contribution in [0, 0.1) is 23.6 Å². The molecule has 0 bridgehead atoms. The van der Waals surface area contributed by atoms with E-state index in [-0.39, 0.29) is 35.5 Å². The number of rotatable bonds is 7. The highest BCUT2D eigenvalue weighted by atomic mass is 19.4. The normalized spacial score (nSPS) is 25.2. The van der Waals surface area contributed by atoms with Gasteiger partial charge in [-0.2, -0.15) is 13.2 Å². The van der Waals surface area contributed by atoms with Gasteiger partial charge in [-0.15, -0.1) is 10.2 Å². The predicted octanol–water partition coefficient (Wildman–Crippen LogP) is 5.25. The maximum absolute atomic E-state index is 14.0. The number of benzene rings is 1. The molecule has 3 fully saturated rings. The summed E-state index contributed by atoms with van der Waals surface area (Å²) in [7, 11) is 0. The number of ether oxygens (including phenoxy) is 2. The molecule has 1 aromatic carbocycles. The highest BCUT2D eigenvalue weighted by molar-refractivity contribution is 5.69. The van der Waals surface area contributed by atoms with E-state index in [1.807, 2.05) is 0 Å². The third-order valence-corrected chi connectivity index (χ3v) is 7.64. The molecule has 36 heavy (non-hydrogen) atoms. The second-order valence-corrected chi connectivity index (χ2v) is 10.2. The van der Waals surface area contributed by atoms with Gasteiger partial charge in [0.15, 0.2) is 5.82 Å². The molecule has 0 amide bonds. The van der Waals surface area contributed by atoms with Crippen molar-refractivity contribution in [2.75, 3.05) is 44.8 Å². The molecule has 1 aliphatic carbocycles. The number of anilines is 1. The number of nitrogens with one attached hydrogen (secondary N) is 1. The van der Waals surface area contributed by atoms with E-state index in [9.17, 15) is 17.6 Å². The Morgan fingerprint density at radius 3 is 2.47 bits per heavy atom. The maximum Gasteiger partial charge on any atom is 0.420 e. The van der Waals surface area contributed by atoms with Crippen molar-refractivity contribution >= 4 is 5.82 Å². The largest absolute Gasteiger partial charge is 0.493 e. The summed E-state index contributed by atoms with van der Waals surface area (Å²) in [6.07, 6.45) is -0.803. The lowest BCUT2D eigenvalue weighted by Crippen LogP contribution is -2.32. The summed E-state index contributed by atoms with van der Waals surface area (Å²) in [6.45, 7) is 6.79. The van der Waals surface area contributed by atoms with E-state index in [4.69, 9.17) is 9.47 Å². The number of aromatic nitrogens is 2. The Morgan fingerprint density at radius 2 is 1.81 bits per heavy atom. The van der Waals surface area contributed by atoms with E-state index in [0.29, 0.717) is 17.8 Å². The summed E-state index contributed by atoms with van der Waals surface area (Å²) in [4.78, 5) is 2.52. The van der Waals surface area contributed by atoms with Crippen LogP contribution in [0.4, 0.5) is 23.4 Å². The monoisotopic (exact) mass is 508 g/mol. The summed E-state index contributed by atoms with van der Waals surface area (Å²) in [5.74, 6) is 1.03. The van der Waals surface area contributed by atoms with Crippen LogP contribution in [-0.4, -0.2) is 60.6 Å². The van der Waals surface area contributed by atoms with Gasteiger partial charge in [-0.3, -0.25) is 0 Å². The van der Waals surface area contributed by atoms with Crippen molar-refractivity contribution in [1.29, 1.82) is 0 Å². The van der Waals surface area contributed by atoms with E-state index < -0.39 is 17.6 Å². The van der Waals surface area contributed by atoms with Crippen molar-refractivity contribution in [1.82, 2.24) is 15.1 Å². The second-order valence-electron chi connectivity index (χ2n) is 10.2. The number of fused-ring (bicyclic) bond motifs is 1. The molecule has 2 saturated heterocycles. The Morgan fingerprint density at radius 1 is 1.08 bits per heavy atom. The number of alkyl halides is 3. The first-order chi connectivity index (χ1) is 17.3. The van der Waals surface area contributed by atoms with Crippen molar-refractivity contribution in [2.45, 2.75) is 44.8 Å². The van der Waals surface area contributed by atoms with E-state index >= 15 is 0 Å². The van der Waals surface area contributed by atoms with Gasteiger partial charge in [-0.25, -0.2) is 4.39 Å². The van der Waals surface area contributed by atoms with Crippen LogP contribution in [0.25, 0.3) is 11.3 Å². The van der Waals surface area contributed by atoms with Crippen molar-refractivity contribution in [2.24, 2.45) is 17.8 Å². The quantitative estimate of drug-likeness (QED) is 0.516. The van der Waals surface area contributed by atoms with Crippen LogP contribution in [0.15, 0.2) is 24.3 Å². The molecule has 0 radical (unpaired) electrons. The van der Waals surface area contributed by atoms with Crippen LogP contribution in [0.5, 0.6) is 5.75 Å². The lowest BCUT2D eigenvalue weighted by atomic mass is 10.00. The number of halogens is 4. The molecule has 2 aliphatic heterocycles. The standard InChI is InChI=1S/C26H32F4N4O2/c1-2-36-24-4-3-19(27)11-21(24)23-12-22(26(28,29)30)25(33-32-23)31-20-9-17-14-34(15-18(17)10-20)13-16-5-7-35-8-6-16/h3-4,11-12,16-18,20H,2,5-10,13-15H2,1H3,(H,31,33)/t17-,18+,20+. The molecule has 0 spiro atoms. The first-order valence-electron chi connectivity index (χ1n) is 12.7. The second kappa shape index (κ2) is 10.5.